The summed E-state index contributed by atoms with van der Waals surface area (Å²) in [6.45, 7) is 3.42. The molecule has 8 nitrogen and oxygen atoms in total. The maximum atomic E-state index is 12.9. The van der Waals surface area contributed by atoms with Gasteiger partial charge in [-0.1, -0.05) is 50.2 Å². The van der Waals surface area contributed by atoms with Crippen LogP contribution in [0.2, 0.25) is 0 Å². The molecule has 0 bridgehead atoms. The Balaban J connectivity index is 1.89. The number of ether oxygens (including phenoxy) is 2. The largest absolute Gasteiger partial charge is 0.489 e. The number of hydrogen-bond donors (Lipinski definition) is 2. The number of amides is 3. The summed E-state index contributed by atoms with van der Waals surface area (Å²) in [5.41, 5.74) is 5.98. The molecule has 1 atom stereocenters. The van der Waals surface area contributed by atoms with Crippen molar-refractivity contribution in [3.8, 4) is 5.75 Å². The average molecular weight is 410 g/mol. The molecule has 8 heteroatoms. The van der Waals surface area contributed by atoms with E-state index >= 15 is 0 Å². The number of furan rings is 1. The first-order valence-corrected chi connectivity index (χ1v) is 9.36. The van der Waals surface area contributed by atoms with E-state index in [1.54, 1.807) is 44.2 Å². The van der Waals surface area contributed by atoms with Crippen molar-refractivity contribution in [3.05, 3.63) is 65.9 Å². The van der Waals surface area contributed by atoms with Crippen molar-refractivity contribution in [1.29, 1.82) is 0 Å². The third-order valence-electron chi connectivity index (χ3n) is 4.35. The molecule has 156 valence electrons. The van der Waals surface area contributed by atoms with Gasteiger partial charge >= 0.3 is 12.0 Å². The van der Waals surface area contributed by atoms with Gasteiger partial charge in [-0.3, -0.25) is 10.1 Å². The first-order valence-electron chi connectivity index (χ1n) is 9.36. The second-order valence-electron chi connectivity index (χ2n) is 6.93. The van der Waals surface area contributed by atoms with Gasteiger partial charge in [-0.2, -0.15) is 0 Å². The molecule has 0 aliphatic heterocycles. The third-order valence-corrected chi connectivity index (χ3v) is 4.35. The molecule has 0 radical (unpaired) electrons. The Hall–Kier alpha value is -3.81. The first kappa shape index (κ1) is 20.9. The second-order valence-corrected chi connectivity index (χ2v) is 6.93. The van der Waals surface area contributed by atoms with Crippen LogP contribution in [0.4, 0.5) is 4.79 Å². The van der Waals surface area contributed by atoms with Gasteiger partial charge in [0.15, 0.2) is 6.10 Å². The first-order chi connectivity index (χ1) is 14.4. The van der Waals surface area contributed by atoms with E-state index in [1.807, 2.05) is 29.6 Å². The van der Waals surface area contributed by atoms with E-state index in [9.17, 15) is 14.4 Å². The summed E-state index contributed by atoms with van der Waals surface area (Å²) in [5, 5.41) is 2.63. The van der Waals surface area contributed by atoms with Gasteiger partial charge in [-0.05, 0) is 24.1 Å². The van der Waals surface area contributed by atoms with Crippen LogP contribution >= 0.6 is 0 Å². The molecule has 0 fully saturated rings. The quantitative estimate of drug-likeness (QED) is 0.576. The summed E-state index contributed by atoms with van der Waals surface area (Å²) in [6, 6.07) is 15.2. The normalized spacial score (nSPS) is 11.8. The van der Waals surface area contributed by atoms with Crippen LogP contribution in [0, 0.1) is 5.92 Å². The van der Waals surface area contributed by atoms with E-state index in [0.29, 0.717) is 22.3 Å². The van der Waals surface area contributed by atoms with Crippen molar-refractivity contribution in [1.82, 2.24) is 5.32 Å². The fourth-order valence-electron chi connectivity index (χ4n) is 2.93. The van der Waals surface area contributed by atoms with Crippen LogP contribution in [0.3, 0.4) is 0 Å². The predicted molar refractivity (Wildman–Crippen MR) is 109 cm³/mol. The molecule has 30 heavy (non-hydrogen) atoms. The Morgan fingerprint density at radius 1 is 1.03 bits per heavy atom. The molecule has 3 aromatic rings. The highest BCUT2D eigenvalue weighted by Gasteiger charge is 2.31. The van der Waals surface area contributed by atoms with E-state index in [-0.39, 0.29) is 12.4 Å². The Kier molecular flexibility index (Phi) is 6.36. The molecule has 3 amide bonds. The Labute approximate surface area is 172 Å². The number of esters is 1. The predicted octanol–water partition coefficient (Wildman–Crippen LogP) is 3.39. The van der Waals surface area contributed by atoms with Crippen LogP contribution < -0.4 is 15.8 Å². The van der Waals surface area contributed by atoms with E-state index in [0.717, 1.165) is 0 Å². The van der Waals surface area contributed by atoms with E-state index in [2.05, 4.69) is 0 Å². The zero-order valence-electron chi connectivity index (χ0n) is 16.6. The van der Waals surface area contributed by atoms with Gasteiger partial charge in [0, 0.05) is 5.39 Å². The van der Waals surface area contributed by atoms with E-state index in [1.165, 1.54) is 0 Å². The Bertz CT molecular complexity index is 1060. The highest BCUT2D eigenvalue weighted by Crippen LogP contribution is 2.28. The lowest BCUT2D eigenvalue weighted by Crippen LogP contribution is -2.45. The van der Waals surface area contributed by atoms with Gasteiger partial charge in [0.05, 0.1) is 5.56 Å². The number of nitrogens with one attached hydrogen (secondary N) is 1. The van der Waals surface area contributed by atoms with Gasteiger partial charge in [0.2, 0.25) is 5.76 Å². The maximum Gasteiger partial charge on any atom is 0.375 e. The SMILES string of the molecule is CC(C)[C@@H](OC(=O)c1oc2ccccc2c1COc1ccccc1)C(=O)NC(N)=O. The van der Waals surface area contributed by atoms with Gasteiger partial charge in [-0.25, -0.2) is 9.59 Å². The molecule has 0 spiro atoms. The molecule has 0 aliphatic rings. The summed E-state index contributed by atoms with van der Waals surface area (Å²) in [5.74, 6) is -1.48. The topological polar surface area (TPSA) is 121 Å². The summed E-state index contributed by atoms with van der Waals surface area (Å²) < 4.78 is 16.9. The fourth-order valence-corrected chi connectivity index (χ4v) is 2.93. The molecule has 0 unspecified atom stereocenters. The standard InChI is InChI=1S/C22H22N2O6/c1-13(2)18(20(25)24-22(23)27)30-21(26)19-16(12-28-14-8-4-3-5-9-14)15-10-6-7-11-17(15)29-19/h3-11,13,18H,12H2,1-2H3,(H3,23,24,25,27)/t18-/m1/s1. The van der Waals surface area contributed by atoms with Crippen molar-refractivity contribution in [2.45, 2.75) is 26.6 Å². The molecule has 3 rings (SSSR count). The number of nitrogens with two attached hydrogens (primary N) is 1. The van der Waals surface area contributed by atoms with Crippen molar-refractivity contribution in [2.24, 2.45) is 11.7 Å². The number of primary amides is 1. The van der Waals surface area contributed by atoms with Gasteiger partial charge in [0.25, 0.3) is 5.91 Å². The molecular formula is C22H22N2O6. The summed E-state index contributed by atoms with van der Waals surface area (Å²) in [7, 11) is 0. The van der Waals surface area contributed by atoms with Crippen LogP contribution in [0.25, 0.3) is 11.0 Å². The van der Waals surface area contributed by atoms with Gasteiger partial charge < -0.3 is 19.6 Å². The monoisotopic (exact) mass is 410 g/mol. The summed E-state index contributed by atoms with van der Waals surface area (Å²) >= 11 is 0. The Morgan fingerprint density at radius 3 is 2.37 bits per heavy atom. The zero-order valence-corrected chi connectivity index (χ0v) is 16.6. The maximum absolute atomic E-state index is 12.9. The van der Waals surface area contributed by atoms with E-state index in [4.69, 9.17) is 19.6 Å². The number of rotatable bonds is 7. The summed E-state index contributed by atoms with van der Waals surface area (Å²) in [6.07, 6.45) is -1.22. The minimum absolute atomic E-state index is 0.0608. The number of carbonyl (C=O) groups is 3. The lowest BCUT2D eigenvalue weighted by molar-refractivity contribution is -0.131. The molecule has 0 saturated heterocycles. The number of fused-ring (bicyclic) bond motifs is 1. The van der Waals surface area contributed by atoms with Crippen molar-refractivity contribution < 1.29 is 28.3 Å². The molecule has 3 N–H and O–H groups in total. The molecule has 1 aromatic heterocycles. The third kappa shape index (κ3) is 4.78. The van der Waals surface area contributed by atoms with Crippen LogP contribution in [0.1, 0.15) is 30.0 Å². The highest BCUT2D eigenvalue weighted by molar-refractivity contribution is 6.00. The van der Waals surface area contributed by atoms with Crippen LogP contribution in [0.5, 0.6) is 5.75 Å². The van der Waals surface area contributed by atoms with E-state index < -0.39 is 29.9 Å². The fraction of sp³-hybridized carbons (Fsp3) is 0.227. The van der Waals surface area contributed by atoms with Crippen LogP contribution in [0.15, 0.2) is 59.0 Å². The summed E-state index contributed by atoms with van der Waals surface area (Å²) in [4.78, 5) is 36.1. The lowest BCUT2D eigenvalue weighted by atomic mass is 10.1. The number of carbonyl (C=O) groups excluding carboxylic acids is 3. The molecule has 0 saturated carbocycles. The molecule has 2 aromatic carbocycles. The number of urea groups is 1. The van der Waals surface area contributed by atoms with Gasteiger partial charge in [0.1, 0.15) is 17.9 Å². The number of imide groups is 1. The van der Waals surface area contributed by atoms with Crippen LogP contribution in [-0.4, -0.2) is 24.0 Å². The highest BCUT2D eigenvalue weighted by atomic mass is 16.6. The minimum atomic E-state index is -1.22. The molecule has 1 heterocycles. The zero-order chi connectivity index (χ0) is 21.7. The number of para-hydroxylation sites is 2. The average Bonchev–Trinajstić information content (AvgIpc) is 3.09. The number of hydrogen-bond acceptors (Lipinski definition) is 6. The van der Waals surface area contributed by atoms with Crippen molar-refractivity contribution >= 4 is 28.9 Å². The van der Waals surface area contributed by atoms with Crippen molar-refractivity contribution in [3.63, 3.8) is 0 Å². The number of benzene rings is 2. The van der Waals surface area contributed by atoms with Crippen molar-refractivity contribution in [2.75, 3.05) is 0 Å². The Morgan fingerprint density at radius 2 is 1.70 bits per heavy atom. The van der Waals surface area contributed by atoms with Crippen LogP contribution in [-0.2, 0) is 16.1 Å². The molecule has 0 aliphatic carbocycles. The lowest BCUT2D eigenvalue weighted by Gasteiger charge is -2.19. The smallest absolute Gasteiger partial charge is 0.375 e. The van der Waals surface area contributed by atoms with Gasteiger partial charge in [-0.15, -0.1) is 0 Å². The second kappa shape index (κ2) is 9.13. The minimum Gasteiger partial charge on any atom is -0.489 e. The molecular weight excluding hydrogens is 388 g/mol.